The Morgan fingerprint density at radius 3 is 2.47 bits per heavy atom. The maximum absolute atomic E-state index is 5.80. The molecule has 2 heteroatoms. The van der Waals surface area contributed by atoms with Crippen LogP contribution in [0.2, 0.25) is 0 Å². The molecule has 0 saturated heterocycles. The lowest BCUT2D eigenvalue weighted by atomic mass is 9.93. The van der Waals surface area contributed by atoms with Crippen molar-refractivity contribution in [1.82, 2.24) is 4.90 Å². The molecule has 19 heavy (non-hydrogen) atoms. The number of aryl methyl sites for hydroxylation is 2. The van der Waals surface area contributed by atoms with E-state index in [-0.39, 0.29) is 0 Å². The summed E-state index contributed by atoms with van der Waals surface area (Å²) in [7, 11) is 0. The molecule has 0 unspecified atom stereocenters. The van der Waals surface area contributed by atoms with E-state index >= 15 is 0 Å². The van der Waals surface area contributed by atoms with Gasteiger partial charge in [-0.05, 0) is 43.4 Å². The zero-order valence-electron chi connectivity index (χ0n) is 12.5. The molecule has 0 bridgehead atoms. The molecule has 2 rings (SSSR count). The van der Waals surface area contributed by atoms with Gasteiger partial charge in [0.1, 0.15) is 0 Å². The highest BCUT2D eigenvalue weighted by molar-refractivity contribution is 5.29. The molecule has 2 N–H and O–H groups in total. The molecule has 0 amide bonds. The molecule has 2 nitrogen and oxygen atoms in total. The monoisotopic (exact) mass is 260 g/mol. The highest BCUT2D eigenvalue weighted by Gasteiger charge is 2.20. The van der Waals surface area contributed by atoms with Gasteiger partial charge < -0.3 is 5.73 Å². The average molecular weight is 260 g/mol. The van der Waals surface area contributed by atoms with Crippen molar-refractivity contribution in [2.45, 2.75) is 58.5 Å². The van der Waals surface area contributed by atoms with Gasteiger partial charge in [-0.2, -0.15) is 0 Å². The highest BCUT2D eigenvalue weighted by Crippen LogP contribution is 2.24. The van der Waals surface area contributed by atoms with Crippen molar-refractivity contribution in [2.75, 3.05) is 13.1 Å². The van der Waals surface area contributed by atoms with Crippen LogP contribution < -0.4 is 5.73 Å². The topological polar surface area (TPSA) is 29.3 Å². The molecule has 1 aromatic carbocycles. The van der Waals surface area contributed by atoms with Gasteiger partial charge in [0, 0.05) is 25.7 Å². The van der Waals surface area contributed by atoms with Gasteiger partial charge in [0.25, 0.3) is 0 Å². The van der Waals surface area contributed by atoms with Gasteiger partial charge >= 0.3 is 0 Å². The molecule has 1 aromatic rings. The first kappa shape index (κ1) is 14.5. The van der Waals surface area contributed by atoms with Crippen LogP contribution in [0.3, 0.4) is 0 Å². The van der Waals surface area contributed by atoms with Crippen LogP contribution in [0, 0.1) is 13.8 Å². The number of nitrogens with zero attached hydrogens (tertiary/aromatic N) is 1. The summed E-state index contributed by atoms with van der Waals surface area (Å²) in [6, 6.07) is 7.60. The second-order valence-electron chi connectivity index (χ2n) is 5.97. The number of rotatable bonds is 5. The van der Waals surface area contributed by atoms with Crippen molar-refractivity contribution in [1.29, 1.82) is 0 Å². The Morgan fingerprint density at radius 1 is 1.11 bits per heavy atom. The van der Waals surface area contributed by atoms with Crippen LogP contribution in [-0.2, 0) is 6.54 Å². The van der Waals surface area contributed by atoms with Gasteiger partial charge in [0.05, 0.1) is 0 Å². The first-order chi connectivity index (χ1) is 9.20. The third kappa shape index (κ3) is 4.05. The highest BCUT2D eigenvalue weighted by atomic mass is 15.2. The second-order valence-corrected chi connectivity index (χ2v) is 5.97. The second kappa shape index (κ2) is 7.06. The van der Waals surface area contributed by atoms with E-state index in [1.165, 1.54) is 48.8 Å². The SMILES string of the molecule is Cc1ccc(CN(CCN)C2CCCCC2)cc1C. The van der Waals surface area contributed by atoms with Gasteiger partial charge in [0.2, 0.25) is 0 Å². The van der Waals surface area contributed by atoms with E-state index in [9.17, 15) is 0 Å². The summed E-state index contributed by atoms with van der Waals surface area (Å²) in [6.45, 7) is 7.23. The van der Waals surface area contributed by atoms with E-state index in [0.717, 1.165) is 25.7 Å². The summed E-state index contributed by atoms with van der Waals surface area (Å²) in [5.41, 5.74) is 10.0. The summed E-state index contributed by atoms with van der Waals surface area (Å²) < 4.78 is 0. The zero-order valence-corrected chi connectivity index (χ0v) is 12.5. The standard InChI is InChI=1S/C17H28N2/c1-14-8-9-16(12-15(14)2)13-19(11-10-18)17-6-4-3-5-7-17/h8-9,12,17H,3-7,10-11,13,18H2,1-2H3. The number of hydrogen-bond donors (Lipinski definition) is 1. The fraction of sp³-hybridized carbons (Fsp3) is 0.647. The molecule has 0 radical (unpaired) electrons. The predicted molar refractivity (Wildman–Crippen MR) is 82.3 cm³/mol. The summed E-state index contributed by atoms with van der Waals surface area (Å²) in [4.78, 5) is 2.60. The van der Waals surface area contributed by atoms with Crippen LogP contribution in [-0.4, -0.2) is 24.0 Å². The van der Waals surface area contributed by atoms with Crippen LogP contribution in [0.1, 0.15) is 48.8 Å². The normalized spacial score (nSPS) is 17.1. The van der Waals surface area contributed by atoms with Crippen molar-refractivity contribution in [3.8, 4) is 0 Å². The quantitative estimate of drug-likeness (QED) is 0.879. The van der Waals surface area contributed by atoms with Crippen molar-refractivity contribution < 1.29 is 0 Å². The number of nitrogens with two attached hydrogens (primary N) is 1. The van der Waals surface area contributed by atoms with Gasteiger partial charge in [-0.1, -0.05) is 37.5 Å². The minimum atomic E-state index is 0.749. The molecule has 106 valence electrons. The number of benzene rings is 1. The summed E-state index contributed by atoms with van der Waals surface area (Å²) in [5, 5.41) is 0. The molecule has 0 aliphatic heterocycles. The van der Waals surface area contributed by atoms with E-state index in [1.807, 2.05) is 0 Å². The van der Waals surface area contributed by atoms with Crippen LogP contribution in [0.5, 0.6) is 0 Å². The fourth-order valence-electron chi connectivity index (χ4n) is 3.14. The zero-order chi connectivity index (χ0) is 13.7. The van der Waals surface area contributed by atoms with Crippen molar-refractivity contribution in [3.63, 3.8) is 0 Å². The molecule has 1 aliphatic rings. The molecule has 0 heterocycles. The van der Waals surface area contributed by atoms with E-state index in [2.05, 4.69) is 36.9 Å². The van der Waals surface area contributed by atoms with Crippen LogP contribution in [0.15, 0.2) is 18.2 Å². The molecule has 0 spiro atoms. The van der Waals surface area contributed by atoms with Gasteiger partial charge in [0.15, 0.2) is 0 Å². The molecular weight excluding hydrogens is 232 g/mol. The maximum atomic E-state index is 5.80. The average Bonchev–Trinajstić information content (AvgIpc) is 2.43. The van der Waals surface area contributed by atoms with Crippen molar-refractivity contribution in [3.05, 3.63) is 34.9 Å². The van der Waals surface area contributed by atoms with Crippen LogP contribution >= 0.6 is 0 Å². The third-order valence-corrected chi connectivity index (χ3v) is 4.46. The lowest BCUT2D eigenvalue weighted by Gasteiger charge is -2.34. The number of hydrogen-bond acceptors (Lipinski definition) is 2. The van der Waals surface area contributed by atoms with Crippen LogP contribution in [0.25, 0.3) is 0 Å². The Labute approximate surface area is 118 Å². The predicted octanol–water partition coefficient (Wildman–Crippen LogP) is 3.40. The summed E-state index contributed by atoms with van der Waals surface area (Å²) in [6.07, 6.45) is 6.89. The molecular formula is C17H28N2. The Bertz CT molecular complexity index is 394. The first-order valence-corrected chi connectivity index (χ1v) is 7.71. The Balaban J connectivity index is 2.04. The van der Waals surface area contributed by atoms with Crippen molar-refractivity contribution in [2.24, 2.45) is 5.73 Å². The molecule has 1 fully saturated rings. The fourth-order valence-corrected chi connectivity index (χ4v) is 3.14. The molecule has 0 aromatic heterocycles. The maximum Gasteiger partial charge on any atom is 0.0237 e. The Morgan fingerprint density at radius 2 is 1.84 bits per heavy atom. The summed E-state index contributed by atoms with van der Waals surface area (Å²) >= 11 is 0. The van der Waals surface area contributed by atoms with Gasteiger partial charge in [-0.15, -0.1) is 0 Å². The molecule has 1 saturated carbocycles. The summed E-state index contributed by atoms with van der Waals surface area (Å²) in [5.74, 6) is 0. The van der Waals surface area contributed by atoms with Gasteiger partial charge in [-0.25, -0.2) is 0 Å². The Kier molecular flexibility index (Phi) is 5.41. The largest absolute Gasteiger partial charge is 0.329 e. The third-order valence-electron chi connectivity index (χ3n) is 4.46. The smallest absolute Gasteiger partial charge is 0.0237 e. The minimum Gasteiger partial charge on any atom is -0.329 e. The van der Waals surface area contributed by atoms with Crippen molar-refractivity contribution >= 4 is 0 Å². The van der Waals surface area contributed by atoms with Gasteiger partial charge in [-0.3, -0.25) is 4.90 Å². The van der Waals surface area contributed by atoms with E-state index in [4.69, 9.17) is 5.73 Å². The first-order valence-electron chi connectivity index (χ1n) is 7.71. The molecule has 1 aliphatic carbocycles. The lowest BCUT2D eigenvalue weighted by molar-refractivity contribution is 0.152. The molecule has 0 atom stereocenters. The minimum absolute atomic E-state index is 0.749. The van der Waals surface area contributed by atoms with Crippen LogP contribution in [0.4, 0.5) is 0 Å². The lowest BCUT2D eigenvalue weighted by Crippen LogP contribution is -2.39. The Hall–Kier alpha value is -0.860. The van der Waals surface area contributed by atoms with E-state index in [0.29, 0.717) is 0 Å². The van der Waals surface area contributed by atoms with E-state index in [1.54, 1.807) is 0 Å². The van der Waals surface area contributed by atoms with E-state index < -0.39 is 0 Å².